The Morgan fingerprint density at radius 2 is 2.06 bits per heavy atom. The molecule has 0 unspecified atom stereocenters. The Balaban J connectivity index is 3.25. The summed E-state index contributed by atoms with van der Waals surface area (Å²) in [6, 6.07) is -0.295. The van der Waals surface area contributed by atoms with Gasteiger partial charge in [-0.25, -0.2) is 4.79 Å². The highest BCUT2D eigenvalue weighted by molar-refractivity contribution is 5.60. The van der Waals surface area contributed by atoms with Gasteiger partial charge in [-0.15, -0.1) is 0 Å². The number of nitrogens with one attached hydrogen (secondary N) is 2. The molecule has 7 heteroatoms. The van der Waals surface area contributed by atoms with E-state index in [1.165, 1.54) is 4.57 Å². The van der Waals surface area contributed by atoms with E-state index < -0.39 is 11.2 Å². The summed E-state index contributed by atoms with van der Waals surface area (Å²) in [5, 5.41) is 12.1. The third-order valence-electron chi connectivity index (χ3n) is 2.89. The van der Waals surface area contributed by atoms with E-state index in [9.17, 15) is 14.7 Å². The lowest BCUT2D eigenvalue weighted by molar-refractivity contribution is 0.249. The topological polar surface area (TPSA) is 113 Å². The molecule has 0 amide bonds. The van der Waals surface area contributed by atoms with Crippen LogP contribution in [0.2, 0.25) is 0 Å². The Morgan fingerprint density at radius 1 is 1.44 bits per heavy atom. The smallest absolute Gasteiger partial charge is 0.330 e. The molecule has 0 radical (unpaired) electrons. The molecule has 1 aromatic rings. The van der Waals surface area contributed by atoms with Crippen molar-refractivity contribution in [3.63, 3.8) is 0 Å². The van der Waals surface area contributed by atoms with Gasteiger partial charge in [0, 0.05) is 6.54 Å². The van der Waals surface area contributed by atoms with E-state index in [0.717, 1.165) is 0 Å². The van der Waals surface area contributed by atoms with Crippen LogP contribution in [0.25, 0.3) is 0 Å². The normalized spacial score (nSPS) is 12.7. The second-order valence-electron chi connectivity index (χ2n) is 4.44. The molecule has 7 nitrogen and oxygen atoms in total. The van der Waals surface area contributed by atoms with Gasteiger partial charge in [-0.1, -0.05) is 13.8 Å². The van der Waals surface area contributed by atoms with Crippen molar-refractivity contribution in [3.8, 4) is 0 Å². The number of aromatic nitrogens is 2. The number of rotatable bonds is 5. The SMILES string of the molecule is CCn1c(N)c(N[C@H](CO)C(C)C)c(=O)[nH]c1=O. The number of nitrogens with zero attached hydrogens (tertiary/aromatic N) is 1. The van der Waals surface area contributed by atoms with Crippen LogP contribution in [0.1, 0.15) is 20.8 Å². The monoisotopic (exact) mass is 256 g/mol. The molecule has 0 aliphatic carbocycles. The van der Waals surface area contributed by atoms with E-state index in [1.54, 1.807) is 6.92 Å². The van der Waals surface area contributed by atoms with Crippen LogP contribution in [0.5, 0.6) is 0 Å². The quantitative estimate of drug-likeness (QED) is 0.571. The van der Waals surface area contributed by atoms with Gasteiger partial charge in [0.25, 0.3) is 5.56 Å². The largest absolute Gasteiger partial charge is 0.394 e. The Kier molecular flexibility index (Phi) is 4.55. The molecule has 1 aromatic heterocycles. The number of H-pyrrole nitrogens is 1. The van der Waals surface area contributed by atoms with Crippen molar-refractivity contribution in [2.24, 2.45) is 5.92 Å². The van der Waals surface area contributed by atoms with Crippen LogP contribution in [-0.4, -0.2) is 27.3 Å². The summed E-state index contributed by atoms with van der Waals surface area (Å²) in [6.07, 6.45) is 0. The highest BCUT2D eigenvalue weighted by atomic mass is 16.3. The number of nitrogen functional groups attached to an aromatic ring is 1. The molecule has 5 N–H and O–H groups in total. The minimum absolute atomic E-state index is 0.0883. The van der Waals surface area contributed by atoms with Gasteiger partial charge in [0.1, 0.15) is 11.5 Å². The molecule has 0 aliphatic rings. The van der Waals surface area contributed by atoms with Gasteiger partial charge in [0.15, 0.2) is 0 Å². The van der Waals surface area contributed by atoms with Crippen LogP contribution in [0.3, 0.4) is 0 Å². The molecular formula is C11H20N4O3. The molecule has 0 aromatic carbocycles. The van der Waals surface area contributed by atoms with Gasteiger partial charge >= 0.3 is 5.69 Å². The second kappa shape index (κ2) is 5.72. The standard InChI is InChI=1S/C11H20N4O3/c1-4-15-9(12)8(10(17)14-11(15)18)13-7(5-16)6(2)3/h6-7,13,16H,4-5,12H2,1-3H3,(H,14,17,18)/t7-/m1/s1. The molecule has 1 rings (SSSR count). The van der Waals surface area contributed by atoms with Crippen molar-refractivity contribution >= 4 is 11.5 Å². The van der Waals surface area contributed by atoms with E-state index >= 15 is 0 Å². The van der Waals surface area contributed by atoms with Gasteiger partial charge in [-0.3, -0.25) is 14.3 Å². The Labute approximate surface area is 105 Å². The summed E-state index contributed by atoms with van der Waals surface area (Å²) in [7, 11) is 0. The number of hydrogen-bond donors (Lipinski definition) is 4. The molecule has 1 atom stereocenters. The lowest BCUT2D eigenvalue weighted by Crippen LogP contribution is -2.38. The van der Waals surface area contributed by atoms with Crippen LogP contribution < -0.4 is 22.3 Å². The number of hydrogen-bond acceptors (Lipinski definition) is 5. The fraction of sp³-hybridized carbons (Fsp3) is 0.636. The van der Waals surface area contributed by atoms with Crippen molar-refractivity contribution in [1.82, 2.24) is 9.55 Å². The number of aliphatic hydroxyl groups excluding tert-OH is 1. The summed E-state index contributed by atoms with van der Waals surface area (Å²) in [5.74, 6) is 0.209. The van der Waals surface area contributed by atoms with Gasteiger partial charge < -0.3 is 16.2 Å². The average Bonchev–Trinajstić information content (AvgIpc) is 2.28. The van der Waals surface area contributed by atoms with Crippen LogP contribution in [0, 0.1) is 5.92 Å². The lowest BCUT2D eigenvalue weighted by Gasteiger charge is -2.22. The molecule has 0 aliphatic heterocycles. The van der Waals surface area contributed by atoms with E-state index in [4.69, 9.17) is 5.73 Å². The molecule has 0 saturated carbocycles. The van der Waals surface area contributed by atoms with E-state index in [0.29, 0.717) is 6.54 Å². The summed E-state index contributed by atoms with van der Waals surface area (Å²) >= 11 is 0. The summed E-state index contributed by atoms with van der Waals surface area (Å²) in [5.41, 5.74) is 4.83. The summed E-state index contributed by atoms with van der Waals surface area (Å²) in [4.78, 5) is 25.4. The molecule has 0 saturated heterocycles. The zero-order chi connectivity index (χ0) is 13.9. The fourth-order valence-corrected chi connectivity index (χ4v) is 1.65. The predicted octanol–water partition coefficient (Wildman–Crippen LogP) is -0.432. The zero-order valence-electron chi connectivity index (χ0n) is 10.9. The second-order valence-corrected chi connectivity index (χ2v) is 4.44. The molecule has 0 fully saturated rings. The highest BCUT2D eigenvalue weighted by Gasteiger charge is 2.17. The fourth-order valence-electron chi connectivity index (χ4n) is 1.65. The number of aliphatic hydroxyl groups is 1. The Bertz CT molecular complexity index is 518. The van der Waals surface area contributed by atoms with Crippen molar-refractivity contribution in [2.45, 2.75) is 33.4 Å². The average molecular weight is 256 g/mol. The van der Waals surface area contributed by atoms with E-state index in [2.05, 4.69) is 10.3 Å². The number of aromatic amines is 1. The van der Waals surface area contributed by atoms with Crippen LogP contribution in [-0.2, 0) is 6.54 Å². The minimum atomic E-state index is -0.568. The molecule has 18 heavy (non-hydrogen) atoms. The van der Waals surface area contributed by atoms with Crippen molar-refractivity contribution in [1.29, 1.82) is 0 Å². The maximum absolute atomic E-state index is 11.7. The first kappa shape index (κ1) is 14.3. The summed E-state index contributed by atoms with van der Waals surface area (Å²) < 4.78 is 1.26. The molecular weight excluding hydrogens is 236 g/mol. The molecule has 0 bridgehead atoms. The van der Waals surface area contributed by atoms with Crippen LogP contribution >= 0.6 is 0 Å². The van der Waals surface area contributed by atoms with Gasteiger partial charge in [-0.05, 0) is 12.8 Å². The Hall–Kier alpha value is -1.76. The van der Waals surface area contributed by atoms with Crippen molar-refractivity contribution in [2.75, 3.05) is 17.7 Å². The van der Waals surface area contributed by atoms with E-state index in [1.807, 2.05) is 13.8 Å². The van der Waals surface area contributed by atoms with Crippen LogP contribution in [0.15, 0.2) is 9.59 Å². The third kappa shape index (κ3) is 2.73. The maximum Gasteiger partial charge on any atom is 0.330 e. The first-order chi connectivity index (χ1) is 8.42. The summed E-state index contributed by atoms with van der Waals surface area (Å²) in [6.45, 7) is 5.82. The highest BCUT2D eigenvalue weighted by Crippen LogP contribution is 2.14. The van der Waals surface area contributed by atoms with E-state index in [-0.39, 0.29) is 30.1 Å². The Morgan fingerprint density at radius 3 is 2.50 bits per heavy atom. The van der Waals surface area contributed by atoms with Crippen molar-refractivity contribution in [3.05, 3.63) is 20.8 Å². The van der Waals surface area contributed by atoms with Gasteiger partial charge in [0.05, 0.1) is 12.6 Å². The minimum Gasteiger partial charge on any atom is -0.394 e. The third-order valence-corrected chi connectivity index (χ3v) is 2.89. The van der Waals surface area contributed by atoms with Gasteiger partial charge in [-0.2, -0.15) is 0 Å². The number of anilines is 2. The van der Waals surface area contributed by atoms with Crippen LogP contribution in [0.4, 0.5) is 11.5 Å². The molecule has 0 spiro atoms. The predicted molar refractivity (Wildman–Crippen MR) is 70.7 cm³/mol. The molecule has 102 valence electrons. The maximum atomic E-state index is 11.7. The van der Waals surface area contributed by atoms with Crippen molar-refractivity contribution < 1.29 is 5.11 Å². The first-order valence-corrected chi connectivity index (χ1v) is 5.92. The van der Waals surface area contributed by atoms with Gasteiger partial charge in [0.2, 0.25) is 0 Å². The number of nitrogens with two attached hydrogens (primary N) is 1. The first-order valence-electron chi connectivity index (χ1n) is 5.92. The molecule has 1 heterocycles. The lowest BCUT2D eigenvalue weighted by atomic mass is 10.1. The zero-order valence-corrected chi connectivity index (χ0v) is 10.9.